The third kappa shape index (κ3) is 3.94. The molecule has 0 fully saturated rings. The maximum absolute atomic E-state index is 8.79. The molecular formula is C12H6N8. The van der Waals surface area contributed by atoms with E-state index in [2.05, 4.69) is 4.99 Å². The second-order valence-electron chi connectivity index (χ2n) is 3.35. The zero-order chi connectivity index (χ0) is 15.5. The molecule has 0 rings (SSSR count). The lowest BCUT2D eigenvalue weighted by molar-refractivity contribution is 0.744. The summed E-state index contributed by atoms with van der Waals surface area (Å²) in [6.45, 7) is 0. The lowest BCUT2D eigenvalue weighted by Gasteiger charge is -2.12. The summed E-state index contributed by atoms with van der Waals surface area (Å²) in [5.41, 5.74) is -0.818. The summed E-state index contributed by atoms with van der Waals surface area (Å²) in [6.07, 6.45) is -0.370. The van der Waals surface area contributed by atoms with E-state index in [-0.39, 0.29) is 12.1 Å². The molecule has 0 radical (unpaired) electrons. The number of nitrogens with zero attached hydrogens (tertiary/aromatic N) is 7. The van der Waals surface area contributed by atoms with Crippen LogP contribution in [0, 0.1) is 85.2 Å². The normalized spacial score (nSPS) is 11.1. The minimum absolute atomic E-state index is 0.169. The van der Waals surface area contributed by atoms with Gasteiger partial charge in [0.2, 0.25) is 0 Å². The summed E-state index contributed by atoms with van der Waals surface area (Å²) in [6, 6.07) is 8.13. The molecule has 0 aliphatic carbocycles. The van der Waals surface area contributed by atoms with Crippen LogP contribution in [0.15, 0.2) is 4.99 Å². The predicted molar refractivity (Wildman–Crippen MR) is 64.2 cm³/mol. The molecule has 94 valence electrons. The Morgan fingerprint density at radius 1 is 0.950 bits per heavy atom. The Hall–Kier alpha value is -3.72. The standard InChI is InChI=1S/C12H6N8/c13-2-1-11(8(3-14)4-15)20-12(10(19)7-18)9(5-16)6-17/h8-9,12,19H,1H2. The molecule has 0 aromatic rings. The van der Waals surface area contributed by atoms with E-state index in [0.29, 0.717) is 0 Å². The van der Waals surface area contributed by atoms with Crippen LogP contribution in [0.2, 0.25) is 0 Å². The highest BCUT2D eigenvalue weighted by Crippen LogP contribution is 2.12. The van der Waals surface area contributed by atoms with Crippen molar-refractivity contribution in [2.24, 2.45) is 16.8 Å². The van der Waals surface area contributed by atoms with Gasteiger partial charge in [-0.05, 0) is 0 Å². The van der Waals surface area contributed by atoms with Crippen LogP contribution in [0.1, 0.15) is 6.42 Å². The van der Waals surface area contributed by atoms with Gasteiger partial charge in [-0.25, -0.2) is 0 Å². The van der Waals surface area contributed by atoms with Crippen molar-refractivity contribution >= 4 is 11.4 Å². The molecule has 0 bridgehead atoms. The van der Waals surface area contributed by atoms with Crippen molar-refractivity contribution in [2.45, 2.75) is 12.5 Å². The van der Waals surface area contributed by atoms with Crippen LogP contribution in [0.4, 0.5) is 0 Å². The average molecular weight is 262 g/mol. The summed E-state index contributed by atoms with van der Waals surface area (Å²) in [5, 5.41) is 59.9. The van der Waals surface area contributed by atoms with Crippen molar-refractivity contribution in [3.05, 3.63) is 0 Å². The Kier molecular flexibility index (Phi) is 6.82. The number of hydrogen-bond donors (Lipinski definition) is 1. The Morgan fingerprint density at radius 3 is 1.85 bits per heavy atom. The number of hydrogen-bond acceptors (Lipinski definition) is 8. The predicted octanol–water partition coefficient (Wildman–Crippen LogP) is 0.580. The summed E-state index contributed by atoms with van der Waals surface area (Å²) >= 11 is 0. The third-order valence-electron chi connectivity index (χ3n) is 2.17. The topological polar surface area (TPSA) is 179 Å². The molecule has 1 atom stereocenters. The second-order valence-corrected chi connectivity index (χ2v) is 3.35. The van der Waals surface area contributed by atoms with Crippen LogP contribution in [-0.2, 0) is 0 Å². The van der Waals surface area contributed by atoms with E-state index in [0.717, 1.165) is 0 Å². The smallest absolute Gasteiger partial charge is 0.171 e. The summed E-state index contributed by atoms with van der Waals surface area (Å²) < 4.78 is 0. The van der Waals surface area contributed by atoms with Crippen LogP contribution >= 0.6 is 0 Å². The average Bonchev–Trinajstić information content (AvgIpc) is 2.47. The van der Waals surface area contributed by atoms with Crippen molar-refractivity contribution in [1.29, 1.82) is 37.0 Å². The van der Waals surface area contributed by atoms with Crippen molar-refractivity contribution < 1.29 is 0 Å². The lowest BCUT2D eigenvalue weighted by Crippen LogP contribution is -2.27. The van der Waals surface area contributed by atoms with Gasteiger partial charge in [-0.1, -0.05) is 0 Å². The minimum Gasteiger partial charge on any atom is -0.292 e. The molecule has 0 saturated carbocycles. The van der Waals surface area contributed by atoms with Gasteiger partial charge in [0, 0.05) is 0 Å². The van der Waals surface area contributed by atoms with E-state index in [1.807, 2.05) is 0 Å². The molecule has 8 nitrogen and oxygen atoms in total. The molecule has 0 heterocycles. The number of aliphatic imine (C=N–C) groups is 1. The Bertz CT molecular complexity index is 633. The molecule has 0 aliphatic heterocycles. The molecule has 8 heteroatoms. The van der Waals surface area contributed by atoms with Crippen molar-refractivity contribution in [3.8, 4) is 36.4 Å². The first kappa shape index (κ1) is 16.3. The highest BCUT2D eigenvalue weighted by molar-refractivity contribution is 6.03. The van der Waals surface area contributed by atoms with Crippen molar-refractivity contribution in [1.82, 2.24) is 0 Å². The molecule has 0 spiro atoms. The summed E-state index contributed by atoms with van der Waals surface area (Å²) in [4.78, 5) is 3.78. The molecule has 0 saturated heterocycles. The summed E-state index contributed by atoms with van der Waals surface area (Å²) in [7, 11) is 0. The number of nitrogens with one attached hydrogen (secondary N) is 1. The largest absolute Gasteiger partial charge is 0.292 e. The Morgan fingerprint density at radius 2 is 1.50 bits per heavy atom. The van der Waals surface area contributed by atoms with Crippen LogP contribution in [0.3, 0.4) is 0 Å². The molecular weight excluding hydrogens is 256 g/mol. The molecule has 0 aliphatic rings. The van der Waals surface area contributed by atoms with Gasteiger partial charge in [-0.3, -0.25) is 10.4 Å². The maximum atomic E-state index is 8.79. The minimum atomic E-state index is -1.41. The van der Waals surface area contributed by atoms with E-state index in [1.54, 1.807) is 30.3 Å². The van der Waals surface area contributed by atoms with Gasteiger partial charge in [0.05, 0.1) is 42.5 Å². The van der Waals surface area contributed by atoms with Gasteiger partial charge >= 0.3 is 0 Å². The maximum Gasteiger partial charge on any atom is 0.171 e. The van der Waals surface area contributed by atoms with Gasteiger partial charge in [0.1, 0.15) is 17.8 Å². The molecule has 0 aromatic carbocycles. The van der Waals surface area contributed by atoms with E-state index >= 15 is 0 Å². The molecule has 1 unspecified atom stereocenters. The second kappa shape index (κ2) is 8.38. The SMILES string of the molecule is N#CCC(=NC(C(=N)C#N)C(C#N)C#N)C(C#N)C#N. The van der Waals surface area contributed by atoms with Gasteiger partial charge in [0.25, 0.3) is 0 Å². The Balaban J connectivity index is 5.84. The quantitative estimate of drug-likeness (QED) is 0.707. The molecule has 1 N–H and O–H groups in total. The van der Waals surface area contributed by atoms with E-state index in [9.17, 15) is 0 Å². The van der Waals surface area contributed by atoms with Gasteiger partial charge in [-0.15, -0.1) is 0 Å². The van der Waals surface area contributed by atoms with Crippen LogP contribution < -0.4 is 0 Å². The fourth-order valence-corrected chi connectivity index (χ4v) is 1.20. The zero-order valence-electron chi connectivity index (χ0n) is 10.1. The van der Waals surface area contributed by atoms with Gasteiger partial charge in [-0.2, -0.15) is 31.6 Å². The molecule has 0 aromatic heterocycles. The molecule has 0 amide bonds. The first-order valence-electron chi connectivity index (χ1n) is 5.10. The van der Waals surface area contributed by atoms with Crippen molar-refractivity contribution in [3.63, 3.8) is 0 Å². The fraction of sp³-hybridized carbons (Fsp3) is 0.333. The van der Waals surface area contributed by atoms with Gasteiger partial charge < -0.3 is 0 Å². The first-order valence-corrected chi connectivity index (χ1v) is 5.10. The summed E-state index contributed by atoms with van der Waals surface area (Å²) in [5.74, 6) is -2.74. The van der Waals surface area contributed by atoms with Crippen LogP contribution in [0.5, 0.6) is 0 Å². The van der Waals surface area contributed by atoms with Crippen LogP contribution in [0.25, 0.3) is 0 Å². The van der Waals surface area contributed by atoms with E-state index in [1.165, 1.54) is 6.07 Å². The van der Waals surface area contributed by atoms with Crippen molar-refractivity contribution in [2.75, 3.05) is 0 Å². The van der Waals surface area contributed by atoms with Gasteiger partial charge in [0.15, 0.2) is 11.8 Å². The fourth-order valence-electron chi connectivity index (χ4n) is 1.20. The number of nitriles is 6. The zero-order valence-corrected chi connectivity index (χ0v) is 10.1. The first-order chi connectivity index (χ1) is 9.59. The monoisotopic (exact) mass is 262 g/mol. The Labute approximate surface area is 115 Å². The third-order valence-corrected chi connectivity index (χ3v) is 2.17. The number of rotatable bonds is 5. The highest BCUT2D eigenvalue weighted by atomic mass is 14.8. The lowest BCUT2D eigenvalue weighted by atomic mass is 9.97. The van der Waals surface area contributed by atoms with Crippen LogP contribution in [-0.4, -0.2) is 17.5 Å². The van der Waals surface area contributed by atoms with E-state index in [4.69, 9.17) is 37.0 Å². The highest BCUT2D eigenvalue weighted by Gasteiger charge is 2.27. The molecule has 20 heavy (non-hydrogen) atoms. The van der Waals surface area contributed by atoms with E-state index < -0.39 is 23.6 Å².